The van der Waals surface area contributed by atoms with Gasteiger partial charge in [0.1, 0.15) is 0 Å². The number of fused-ring (bicyclic) bond motifs is 1. The molecule has 0 aliphatic carbocycles. The van der Waals surface area contributed by atoms with Crippen molar-refractivity contribution in [3.63, 3.8) is 0 Å². The van der Waals surface area contributed by atoms with Crippen molar-refractivity contribution in [1.82, 2.24) is 19.7 Å². The van der Waals surface area contributed by atoms with E-state index in [0.717, 1.165) is 46.6 Å². The van der Waals surface area contributed by atoms with E-state index in [1.165, 1.54) is 5.39 Å². The van der Waals surface area contributed by atoms with Crippen molar-refractivity contribution in [2.24, 2.45) is 5.73 Å². The van der Waals surface area contributed by atoms with Crippen LogP contribution in [0.3, 0.4) is 0 Å². The van der Waals surface area contributed by atoms with Gasteiger partial charge in [0.15, 0.2) is 0 Å². The van der Waals surface area contributed by atoms with E-state index >= 15 is 0 Å². The number of aryl methyl sites for hydroxylation is 2. The zero-order valence-electron chi connectivity index (χ0n) is 16.1. The standard InChI is InChI=1S/C22H23N5O/c1-3-16-17-6-5-14(13-23)11-20(17)27(4-2)21(16)18-12-19(25-26-22(18)28)15-7-9-24-10-8-15/h5-12H,3-4,13,23H2,1-2H3,(H,26,28). The first-order chi connectivity index (χ1) is 13.7. The molecule has 28 heavy (non-hydrogen) atoms. The van der Waals surface area contributed by atoms with Gasteiger partial charge < -0.3 is 10.3 Å². The predicted molar refractivity (Wildman–Crippen MR) is 112 cm³/mol. The van der Waals surface area contributed by atoms with Crippen LogP contribution in [0.5, 0.6) is 0 Å². The van der Waals surface area contributed by atoms with Crippen LogP contribution in [-0.2, 0) is 19.5 Å². The molecule has 0 spiro atoms. The highest BCUT2D eigenvalue weighted by atomic mass is 16.1. The first-order valence-electron chi connectivity index (χ1n) is 9.52. The fraction of sp³-hybridized carbons (Fsp3) is 0.227. The summed E-state index contributed by atoms with van der Waals surface area (Å²) in [5.41, 5.74) is 12.2. The summed E-state index contributed by atoms with van der Waals surface area (Å²) in [6.07, 6.45) is 4.26. The Balaban J connectivity index is 2.02. The molecule has 3 heterocycles. The highest BCUT2D eigenvalue weighted by Crippen LogP contribution is 2.34. The smallest absolute Gasteiger partial charge is 0.273 e. The minimum atomic E-state index is -0.191. The van der Waals surface area contributed by atoms with Gasteiger partial charge in [-0.05, 0) is 48.7 Å². The molecule has 4 rings (SSSR count). The number of nitrogens with zero attached hydrogens (tertiary/aromatic N) is 3. The Labute approximate surface area is 163 Å². The van der Waals surface area contributed by atoms with Gasteiger partial charge >= 0.3 is 0 Å². The summed E-state index contributed by atoms with van der Waals surface area (Å²) in [7, 11) is 0. The lowest BCUT2D eigenvalue weighted by Crippen LogP contribution is -2.14. The van der Waals surface area contributed by atoms with Gasteiger partial charge in [0, 0.05) is 41.9 Å². The molecule has 142 valence electrons. The molecule has 6 heteroatoms. The van der Waals surface area contributed by atoms with Crippen molar-refractivity contribution < 1.29 is 0 Å². The Morgan fingerprint density at radius 1 is 1.11 bits per heavy atom. The maximum absolute atomic E-state index is 12.8. The van der Waals surface area contributed by atoms with Gasteiger partial charge in [0.2, 0.25) is 0 Å². The largest absolute Gasteiger partial charge is 0.340 e. The molecule has 6 nitrogen and oxygen atoms in total. The SMILES string of the molecule is CCc1c(-c2cc(-c3ccncc3)n[nH]c2=O)n(CC)c2cc(CN)ccc12. The molecule has 0 saturated carbocycles. The van der Waals surface area contributed by atoms with Crippen LogP contribution in [0.2, 0.25) is 0 Å². The second-order valence-corrected chi connectivity index (χ2v) is 6.71. The summed E-state index contributed by atoms with van der Waals surface area (Å²) in [6, 6.07) is 11.9. The number of H-pyrrole nitrogens is 1. The zero-order valence-corrected chi connectivity index (χ0v) is 16.1. The van der Waals surface area contributed by atoms with Crippen LogP contribution in [-0.4, -0.2) is 19.7 Å². The first kappa shape index (κ1) is 18.1. The van der Waals surface area contributed by atoms with Crippen molar-refractivity contribution in [1.29, 1.82) is 0 Å². The van der Waals surface area contributed by atoms with E-state index in [-0.39, 0.29) is 5.56 Å². The number of aromatic amines is 1. The molecule has 1 aromatic carbocycles. The molecule has 4 aromatic rings. The topological polar surface area (TPSA) is 89.6 Å². The first-order valence-corrected chi connectivity index (χ1v) is 9.52. The number of aromatic nitrogens is 4. The number of nitrogens with one attached hydrogen (secondary N) is 1. The summed E-state index contributed by atoms with van der Waals surface area (Å²) in [6.45, 7) is 5.46. The third kappa shape index (κ3) is 2.92. The molecule has 0 atom stereocenters. The molecule has 0 amide bonds. The highest BCUT2D eigenvalue weighted by Gasteiger charge is 2.20. The summed E-state index contributed by atoms with van der Waals surface area (Å²) < 4.78 is 2.20. The number of pyridine rings is 1. The van der Waals surface area contributed by atoms with Crippen LogP contribution < -0.4 is 11.3 Å². The maximum atomic E-state index is 12.8. The molecule has 0 saturated heterocycles. The van der Waals surface area contributed by atoms with E-state index in [1.54, 1.807) is 12.4 Å². The third-order valence-corrected chi connectivity index (χ3v) is 5.17. The fourth-order valence-electron chi connectivity index (χ4n) is 3.84. The molecule has 0 unspecified atom stereocenters. The Morgan fingerprint density at radius 3 is 2.57 bits per heavy atom. The van der Waals surface area contributed by atoms with Crippen LogP contribution >= 0.6 is 0 Å². The van der Waals surface area contributed by atoms with Crippen LogP contribution in [0.25, 0.3) is 33.4 Å². The Bertz CT molecular complexity index is 1190. The van der Waals surface area contributed by atoms with Crippen molar-refractivity contribution in [3.05, 3.63) is 70.3 Å². The van der Waals surface area contributed by atoms with Gasteiger partial charge in [-0.1, -0.05) is 19.1 Å². The second-order valence-electron chi connectivity index (χ2n) is 6.71. The van der Waals surface area contributed by atoms with E-state index in [4.69, 9.17) is 5.73 Å². The van der Waals surface area contributed by atoms with Crippen molar-refractivity contribution in [3.8, 4) is 22.5 Å². The van der Waals surface area contributed by atoms with Crippen LogP contribution in [0.4, 0.5) is 0 Å². The average Bonchev–Trinajstić information content (AvgIpc) is 3.07. The minimum Gasteiger partial charge on any atom is -0.340 e. The Morgan fingerprint density at radius 2 is 1.89 bits per heavy atom. The predicted octanol–water partition coefficient (Wildman–Crippen LogP) is 3.49. The van der Waals surface area contributed by atoms with Gasteiger partial charge in [0.25, 0.3) is 5.56 Å². The van der Waals surface area contributed by atoms with E-state index in [2.05, 4.69) is 51.8 Å². The monoisotopic (exact) mass is 373 g/mol. The molecule has 3 N–H and O–H groups in total. The lowest BCUT2D eigenvalue weighted by molar-refractivity contribution is 0.798. The third-order valence-electron chi connectivity index (χ3n) is 5.17. The molecule has 3 aromatic heterocycles. The lowest BCUT2D eigenvalue weighted by atomic mass is 10.0. The van der Waals surface area contributed by atoms with Crippen molar-refractivity contribution in [2.75, 3.05) is 0 Å². The highest BCUT2D eigenvalue weighted by molar-refractivity contribution is 5.92. The van der Waals surface area contributed by atoms with Gasteiger partial charge in [0.05, 0.1) is 17.0 Å². The van der Waals surface area contributed by atoms with E-state index < -0.39 is 0 Å². The molecule has 0 aliphatic rings. The quantitative estimate of drug-likeness (QED) is 0.560. The molecular formula is C22H23N5O. The molecule has 0 radical (unpaired) electrons. The van der Waals surface area contributed by atoms with E-state index in [9.17, 15) is 4.79 Å². The molecule has 0 aliphatic heterocycles. The Kier molecular flexibility index (Phi) is 4.79. The van der Waals surface area contributed by atoms with Crippen LogP contribution in [0, 0.1) is 0 Å². The van der Waals surface area contributed by atoms with Crippen LogP contribution in [0.1, 0.15) is 25.0 Å². The number of rotatable bonds is 5. The summed E-state index contributed by atoms with van der Waals surface area (Å²) in [5, 5.41) is 8.08. The maximum Gasteiger partial charge on any atom is 0.273 e. The number of nitrogens with two attached hydrogens (primary N) is 1. The number of hydrogen-bond acceptors (Lipinski definition) is 4. The summed E-state index contributed by atoms with van der Waals surface area (Å²) in [4.78, 5) is 16.8. The normalized spacial score (nSPS) is 11.2. The van der Waals surface area contributed by atoms with E-state index in [0.29, 0.717) is 12.1 Å². The van der Waals surface area contributed by atoms with Gasteiger partial charge in [-0.2, -0.15) is 5.10 Å². The van der Waals surface area contributed by atoms with Gasteiger partial charge in [-0.15, -0.1) is 0 Å². The number of hydrogen-bond donors (Lipinski definition) is 2. The van der Waals surface area contributed by atoms with Crippen molar-refractivity contribution in [2.45, 2.75) is 33.4 Å². The van der Waals surface area contributed by atoms with Crippen LogP contribution in [0.15, 0.2) is 53.6 Å². The molecular weight excluding hydrogens is 350 g/mol. The second kappa shape index (κ2) is 7.40. The van der Waals surface area contributed by atoms with Gasteiger partial charge in [-0.25, -0.2) is 5.10 Å². The lowest BCUT2D eigenvalue weighted by Gasteiger charge is -2.11. The minimum absolute atomic E-state index is 0.191. The number of benzene rings is 1. The summed E-state index contributed by atoms with van der Waals surface area (Å²) >= 11 is 0. The Hall–Kier alpha value is -3.25. The average molecular weight is 373 g/mol. The molecule has 0 fully saturated rings. The van der Waals surface area contributed by atoms with E-state index in [1.807, 2.05) is 18.2 Å². The van der Waals surface area contributed by atoms with Gasteiger partial charge in [-0.3, -0.25) is 9.78 Å². The zero-order chi connectivity index (χ0) is 19.7. The van der Waals surface area contributed by atoms with Crippen molar-refractivity contribution >= 4 is 10.9 Å². The summed E-state index contributed by atoms with van der Waals surface area (Å²) in [5.74, 6) is 0. The fourth-order valence-corrected chi connectivity index (χ4v) is 3.84. The molecule has 0 bridgehead atoms.